The highest BCUT2D eigenvalue weighted by atomic mass is 16.5. The van der Waals surface area contributed by atoms with Crippen LogP contribution in [-0.2, 0) is 0 Å². The molecular formula is C35H34N4O. The van der Waals surface area contributed by atoms with E-state index in [4.69, 9.17) is 15.6 Å². The lowest BCUT2D eigenvalue weighted by Gasteiger charge is -2.12. The second kappa shape index (κ2) is 10.1. The van der Waals surface area contributed by atoms with Crippen molar-refractivity contribution >= 4 is 27.6 Å². The average molecular weight is 527 g/mol. The second-order valence-electron chi connectivity index (χ2n) is 10.4. The van der Waals surface area contributed by atoms with E-state index in [1.165, 1.54) is 27.6 Å². The standard InChI is InChI=1S/C35H34N4O/c1-6-11-33(36)38-31-17-8-7-16-29(31)30-19-18-28(21-32(30)38)40-27-15-10-14-26(20-27)39-25(5)35(24(4)37-39)34-22(2)12-9-13-23(34)3/h7-21H,6,36H2,1-5H3/b33-11+. The van der Waals surface area contributed by atoms with Gasteiger partial charge >= 0.3 is 0 Å². The quantitative estimate of drug-likeness (QED) is 0.236. The number of rotatable bonds is 6. The minimum Gasteiger partial charge on any atom is -0.457 e. The number of aromatic nitrogens is 3. The summed E-state index contributed by atoms with van der Waals surface area (Å²) in [7, 11) is 0. The van der Waals surface area contributed by atoms with Crippen LogP contribution >= 0.6 is 0 Å². The number of hydrogen-bond donors (Lipinski definition) is 1. The Morgan fingerprint density at radius 2 is 1.48 bits per heavy atom. The molecule has 2 heterocycles. The van der Waals surface area contributed by atoms with E-state index in [0.717, 1.165) is 57.2 Å². The highest BCUT2D eigenvalue weighted by Crippen LogP contribution is 2.36. The van der Waals surface area contributed by atoms with E-state index in [-0.39, 0.29) is 0 Å². The number of hydrogen-bond acceptors (Lipinski definition) is 3. The fourth-order valence-electron chi connectivity index (χ4n) is 5.87. The van der Waals surface area contributed by atoms with Gasteiger partial charge in [-0.3, -0.25) is 4.57 Å². The minimum absolute atomic E-state index is 0.720. The number of benzene rings is 4. The van der Waals surface area contributed by atoms with E-state index < -0.39 is 0 Å². The van der Waals surface area contributed by atoms with Crippen molar-refractivity contribution in [3.8, 4) is 28.3 Å². The van der Waals surface area contributed by atoms with Crippen LogP contribution < -0.4 is 10.5 Å². The molecule has 40 heavy (non-hydrogen) atoms. The van der Waals surface area contributed by atoms with Crippen LogP contribution in [0, 0.1) is 27.7 Å². The van der Waals surface area contributed by atoms with Crippen LogP contribution in [0.4, 0.5) is 0 Å². The second-order valence-corrected chi connectivity index (χ2v) is 10.4. The van der Waals surface area contributed by atoms with Crippen LogP contribution in [0.5, 0.6) is 11.5 Å². The number of ether oxygens (including phenoxy) is 1. The third kappa shape index (κ3) is 4.24. The highest BCUT2D eigenvalue weighted by molar-refractivity contribution is 6.10. The molecule has 0 unspecified atom stereocenters. The summed E-state index contributed by atoms with van der Waals surface area (Å²) in [5.41, 5.74) is 16.7. The van der Waals surface area contributed by atoms with Gasteiger partial charge < -0.3 is 10.5 Å². The van der Waals surface area contributed by atoms with E-state index in [9.17, 15) is 0 Å². The van der Waals surface area contributed by atoms with E-state index >= 15 is 0 Å². The van der Waals surface area contributed by atoms with Gasteiger partial charge in [0, 0.05) is 34.2 Å². The van der Waals surface area contributed by atoms with Gasteiger partial charge in [-0.05, 0) is 87.2 Å². The van der Waals surface area contributed by atoms with Crippen molar-refractivity contribution in [2.45, 2.75) is 41.0 Å². The molecule has 2 aromatic heterocycles. The zero-order chi connectivity index (χ0) is 28.0. The van der Waals surface area contributed by atoms with E-state index in [1.807, 2.05) is 41.1 Å². The lowest BCUT2D eigenvalue weighted by atomic mass is 9.94. The predicted octanol–water partition coefficient (Wildman–Crippen LogP) is 8.84. The SMILES string of the molecule is CC/C=C(\N)n1c2ccccc2c2ccc(Oc3cccc(-n4nc(C)c(-c5c(C)cccc5C)c4C)c3)cc21. The van der Waals surface area contributed by atoms with Crippen molar-refractivity contribution in [2.24, 2.45) is 5.73 Å². The van der Waals surface area contributed by atoms with Gasteiger partial charge in [-0.25, -0.2) is 4.68 Å². The van der Waals surface area contributed by atoms with Crippen molar-refractivity contribution in [1.29, 1.82) is 0 Å². The van der Waals surface area contributed by atoms with Gasteiger partial charge in [-0.1, -0.05) is 49.4 Å². The van der Waals surface area contributed by atoms with Gasteiger partial charge in [0.05, 0.1) is 22.4 Å². The molecule has 0 aliphatic heterocycles. The van der Waals surface area contributed by atoms with Crippen LogP contribution in [0.2, 0.25) is 0 Å². The maximum Gasteiger partial charge on any atom is 0.129 e. The van der Waals surface area contributed by atoms with Gasteiger partial charge in [0.15, 0.2) is 0 Å². The molecule has 0 atom stereocenters. The van der Waals surface area contributed by atoms with Crippen molar-refractivity contribution in [3.05, 3.63) is 114 Å². The Morgan fingerprint density at radius 3 is 2.25 bits per heavy atom. The lowest BCUT2D eigenvalue weighted by Crippen LogP contribution is -2.05. The van der Waals surface area contributed by atoms with Crippen LogP contribution in [0.15, 0.2) is 91.0 Å². The molecule has 0 saturated carbocycles. The molecular weight excluding hydrogens is 492 g/mol. The number of allylic oxidation sites excluding steroid dienone is 1. The molecule has 0 aliphatic rings. The molecule has 0 bridgehead atoms. The zero-order valence-electron chi connectivity index (χ0n) is 23.7. The number of aryl methyl sites for hydroxylation is 3. The first-order chi connectivity index (χ1) is 19.4. The van der Waals surface area contributed by atoms with Crippen LogP contribution in [0.1, 0.15) is 35.9 Å². The molecule has 6 aromatic rings. The van der Waals surface area contributed by atoms with Gasteiger partial charge in [-0.15, -0.1) is 0 Å². The Balaban J connectivity index is 1.40. The zero-order valence-corrected chi connectivity index (χ0v) is 23.7. The summed E-state index contributed by atoms with van der Waals surface area (Å²) in [6, 6.07) is 29.1. The number of nitrogens with two attached hydrogens (primary N) is 1. The van der Waals surface area contributed by atoms with Crippen LogP contribution in [0.3, 0.4) is 0 Å². The Bertz CT molecular complexity index is 1900. The summed E-state index contributed by atoms with van der Waals surface area (Å²) in [6.45, 7) is 10.6. The number of para-hydroxylation sites is 1. The molecule has 2 N–H and O–H groups in total. The van der Waals surface area contributed by atoms with Crippen LogP contribution in [0.25, 0.3) is 44.4 Å². The number of nitrogens with zero attached hydrogens (tertiary/aromatic N) is 3. The first kappa shape index (κ1) is 25.5. The van der Waals surface area contributed by atoms with Crippen molar-refractivity contribution < 1.29 is 4.74 Å². The summed E-state index contributed by atoms with van der Waals surface area (Å²) in [4.78, 5) is 0. The van der Waals surface area contributed by atoms with Gasteiger partial charge in [-0.2, -0.15) is 5.10 Å². The van der Waals surface area contributed by atoms with Gasteiger partial charge in [0.25, 0.3) is 0 Å². The molecule has 0 fully saturated rings. The Hall–Kier alpha value is -4.77. The molecule has 0 spiro atoms. The predicted molar refractivity (Wildman–Crippen MR) is 166 cm³/mol. The minimum atomic E-state index is 0.720. The largest absolute Gasteiger partial charge is 0.457 e. The topological polar surface area (TPSA) is 58.0 Å². The molecule has 0 radical (unpaired) electrons. The summed E-state index contributed by atoms with van der Waals surface area (Å²) < 4.78 is 10.6. The fourth-order valence-corrected chi connectivity index (χ4v) is 5.87. The molecule has 6 rings (SSSR count). The maximum absolute atomic E-state index is 6.53. The first-order valence-electron chi connectivity index (χ1n) is 13.8. The van der Waals surface area contributed by atoms with Crippen molar-refractivity contribution in [2.75, 3.05) is 0 Å². The third-order valence-electron chi connectivity index (χ3n) is 7.64. The van der Waals surface area contributed by atoms with E-state index in [1.54, 1.807) is 0 Å². The molecule has 0 saturated heterocycles. The fraction of sp³-hybridized carbons (Fsp3) is 0.171. The molecule has 200 valence electrons. The Labute approximate surface area is 235 Å². The normalized spacial score (nSPS) is 12.0. The van der Waals surface area contributed by atoms with Crippen molar-refractivity contribution in [3.63, 3.8) is 0 Å². The molecule has 5 heteroatoms. The molecule has 5 nitrogen and oxygen atoms in total. The highest BCUT2D eigenvalue weighted by Gasteiger charge is 2.18. The third-order valence-corrected chi connectivity index (χ3v) is 7.64. The Morgan fingerprint density at radius 1 is 0.775 bits per heavy atom. The van der Waals surface area contributed by atoms with Crippen molar-refractivity contribution in [1.82, 2.24) is 14.3 Å². The lowest BCUT2D eigenvalue weighted by molar-refractivity contribution is 0.483. The summed E-state index contributed by atoms with van der Waals surface area (Å²) in [5.74, 6) is 2.22. The van der Waals surface area contributed by atoms with E-state index in [0.29, 0.717) is 0 Å². The molecule has 0 aliphatic carbocycles. The van der Waals surface area contributed by atoms with Gasteiger partial charge in [0.1, 0.15) is 17.3 Å². The summed E-state index contributed by atoms with van der Waals surface area (Å²) in [6.07, 6.45) is 2.91. The Kier molecular flexibility index (Phi) is 6.43. The number of fused-ring (bicyclic) bond motifs is 3. The summed E-state index contributed by atoms with van der Waals surface area (Å²) >= 11 is 0. The molecule has 0 amide bonds. The van der Waals surface area contributed by atoms with Crippen LogP contribution in [-0.4, -0.2) is 14.3 Å². The average Bonchev–Trinajstić information content (AvgIpc) is 3.42. The monoisotopic (exact) mass is 526 g/mol. The first-order valence-corrected chi connectivity index (χ1v) is 13.8. The van der Waals surface area contributed by atoms with E-state index in [2.05, 4.69) is 93.8 Å². The maximum atomic E-state index is 6.53. The summed E-state index contributed by atoms with van der Waals surface area (Å²) in [5, 5.41) is 7.25. The smallest absolute Gasteiger partial charge is 0.129 e. The van der Waals surface area contributed by atoms with Gasteiger partial charge in [0.2, 0.25) is 0 Å². The molecule has 4 aromatic carbocycles.